The van der Waals surface area contributed by atoms with E-state index < -0.39 is 0 Å². The van der Waals surface area contributed by atoms with E-state index in [0.29, 0.717) is 6.54 Å². The van der Waals surface area contributed by atoms with Gasteiger partial charge < -0.3 is 9.80 Å². The molecule has 4 nitrogen and oxygen atoms in total. The Morgan fingerprint density at radius 2 is 1.61 bits per heavy atom. The normalized spacial score (nSPS) is 15.3. The highest BCUT2D eigenvalue weighted by Gasteiger charge is 2.22. The molecule has 128 valence electrons. The molecule has 1 heterocycles. The molecule has 0 saturated carbocycles. The SMILES string of the molecule is CCCN(CCC)CC(=O)N1CCN(c2ccc(F)cc2)CC1. The van der Waals surface area contributed by atoms with Gasteiger partial charge in [-0.25, -0.2) is 4.39 Å². The molecule has 0 aliphatic carbocycles. The quantitative estimate of drug-likeness (QED) is 0.772. The number of hydrogen-bond acceptors (Lipinski definition) is 3. The van der Waals surface area contributed by atoms with Crippen molar-refractivity contribution in [3.8, 4) is 0 Å². The number of piperazine rings is 1. The highest BCUT2D eigenvalue weighted by molar-refractivity contribution is 5.78. The summed E-state index contributed by atoms with van der Waals surface area (Å²) in [4.78, 5) is 18.9. The van der Waals surface area contributed by atoms with Gasteiger partial charge >= 0.3 is 0 Å². The van der Waals surface area contributed by atoms with E-state index in [2.05, 4.69) is 23.6 Å². The molecule has 1 aliphatic rings. The number of carbonyl (C=O) groups excluding carboxylic acids is 1. The zero-order valence-corrected chi connectivity index (χ0v) is 14.3. The largest absolute Gasteiger partial charge is 0.368 e. The lowest BCUT2D eigenvalue weighted by Crippen LogP contribution is -2.51. The van der Waals surface area contributed by atoms with Crippen LogP contribution in [0.5, 0.6) is 0 Å². The van der Waals surface area contributed by atoms with Crippen molar-refractivity contribution in [1.82, 2.24) is 9.80 Å². The predicted molar refractivity (Wildman–Crippen MR) is 92.2 cm³/mol. The molecule has 1 saturated heterocycles. The molecule has 0 atom stereocenters. The van der Waals surface area contributed by atoms with Gasteiger partial charge in [-0.3, -0.25) is 9.69 Å². The van der Waals surface area contributed by atoms with Crippen LogP contribution < -0.4 is 4.90 Å². The summed E-state index contributed by atoms with van der Waals surface area (Å²) in [5.41, 5.74) is 1.03. The fourth-order valence-electron chi connectivity index (χ4n) is 3.06. The molecule has 1 aliphatic heterocycles. The number of halogens is 1. The molecular weight excluding hydrogens is 293 g/mol. The van der Waals surface area contributed by atoms with E-state index in [1.807, 2.05) is 4.90 Å². The molecule has 1 aromatic rings. The van der Waals surface area contributed by atoms with E-state index in [-0.39, 0.29) is 11.7 Å². The average Bonchev–Trinajstić information content (AvgIpc) is 2.56. The Morgan fingerprint density at radius 1 is 1.04 bits per heavy atom. The van der Waals surface area contributed by atoms with Gasteiger partial charge in [0.05, 0.1) is 6.54 Å². The Bertz CT molecular complexity index is 478. The number of amides is 1. The van der Waals surface area contributed by atoms with Gasteiger partial charge in [0.15, 0.2) is 0 Å². The molecule has 23 heavy (non-hydrogen) atoms. The molecular formula is C18H28FN3O. The van der Waals surface area contributed by atoms with Crippen molar-refractivity contribution in [2.45, 2.75) is 26.7 Å². The van der Waals surface area contributed by atoms with Gasteiger partial charge in [0, 0.05) is 31.9 Å². The zero-order valence-electron chi connectivity index (χ0n) is 14.3. The summed E-state index contributed by atoms with van der Waals surface area (Å²) < 4.78 is 13.0. The molecule has 1 fully saturated rings. The minimum absolute atomic E-state index is 0.213. The topological polar surface area (TPSA) is 26.8 Å². The van der Waals surface area contributed by atoms with E-state index in [1.165, 1.54) is 12.1 Å². The third kappa shape index (κ3) is 5.20. The van der Waals surface area contributed by atoms with E-state index in [4.69, 9.17) is 0 Å². The van der Waals surface area contributed by atoms with Gasteiger partial charge in [0.25, 0.3) is 0 Å². The smallest absolute Gasteiger partial charge is 0.236 e. The molecule has 5 heteroatoms. The molecule has 0 bridgehead atoms. The second kappa shape index (κ2) is 8.87. The van der Waals surface area contributed by atoms with Crippen LogP contribution in [0.3, 0.4) is 0 Å². The first-order chi connectivity index (χ1) is 11.1. The predicted octanol–water partition coefficient (Wildman–Crippen LogP) is 2.60. The molecule has 0 radical (unpaired) electrons. The lowest BCUT2D eigenvalue weighted by atomic mass is 10.2. The number of carbonyl (C=O) groups is 1. The lowest BCUT2D eigenvalue weighted by molar-refractivity contribution is -0.132. The molecule has 0 spiro atoms. The van der Waals surface area contributed by atoms with E-state index in [1.54, 1.807) is 12.1 Å². The Labute approximate surface area is 138 Å². The molecule has 2 rings (SSSR count). The van der Waals surface area contributed by atoms with Crippen LogP contribution in [-0.4, -0.2) is 61.5 Å². The Balaban J connectivity index is 1.83. The van der Waals surface area contributed by atoms with Crippen molar-refractivity contribution in [1.29, 1.82) is 0 Å². The maximum atomic E-state index is 13.0. The second-order valence-corrected chi connectivity index (χ2v) is 6.12. The van der Waals surface area contributed by atoms with Gasteiger partial charge in [-0.15, -0.1) is 0 Å². The van der Waals surface area contributed by atoms with E-state index in [0.717, 1.165) is 57.8 Å². The number of benzene rings is 1. The Morgan fingerprint density at radius 3 is 2.13 bits per heavy atom. The fraction of sp³-hybridized carbons (Fsp3) is 0.611. The molecule has 1 amide bonds. The van der Waals surface area contributed by atoms with Crippen molar-refractivity contribution >= 4 is 11.6 Å². The van der Waals surface area contributed by atoms with E-state index >= 15 is 0 Å². The monoisotopic (exact) mass is 321 g/mol. The molecule has 0 aromatic heterocycles. The molecule has 0 N–H and O–H groups in total. The Hall–Kier alpha value is -1.62. The number of rotatable bonds is 7. The van der Waals surface area contributed by atoms with Crippen LogP contribution in [0.4, 0.5) is 10.1 Å². The van der Waals surface area contributed by atoms with Crippen LogP contribution in [0.15, 0.2) is 24.3 Å². The van der Waals surface area contributed by atoms with Crippen LogP contribution in [0.2, 0.25) is 0 Å². The van der Waals surface area contributed by atoms with Crippen molar-refractivity contribution in [2.24, 2.45) is 0 Å². The summed E-state index contributed by atoms with van der Waals surface area (Å²) in [7, 11) is 0. The maximum Gasteiger partial charge on any atom is 0.236 e. The van der Waals surface area contributed by atoms with Crippen molar-refractivity contribution < 1.29 is 9.18 Å². The summed E-state index contributed by atoms with van der Waals surface area (Å²) in [6.07, 6.45) is 2.15. The number of hydrogen-bond donors (Lipinski definition) is 0. The second-order valence-electron chi connectivity index (χ2n) is 6.12. The van der Waals surface area contributed by atoms with Gasteiger partial charge in [0.2, 0.25) is 5.91 Å². The summed E-state index contributed by atoms with van der Waals surface area (Å²) in [5.74, 6) is 0.0140. The van der Waals surface area contributed by atoms with Crippen LogP contribution in [0, 0.1) is 5.82 Å². The fourth-order valence-corrected chi connectivity index (χ4v) is 3.06. The number of nitrogens with zero attached hydrogens (tertiary/aromatic N) is 3. The summed E-state index contributed by atoms with van der Waals surface area (Å²) in [6.45, 7) is 9.87. The van der Waals surface area contributed by atoms with Crippen molar-refractivity contribution in [2.75, 3.05) is 50.7 Å². The minimum atomic E-state index is -0.213. The molecule has 0 unspecified atom stereocenters. The standard InChI is InChI=1S/C18H28FN3O/c1-3-9-20(10-4-2)15-18(23)22-13-11-21(12-14-22)17-7-5-16(19)6-8-17/h5-8H,3-4,9-15H2,1-2H3. The maximum absolute atomic E-state index is 13.0. The van der Waals surface area contributed by atoms with Crippen LogP contribution >= 0.6 is 0 Å². The van der Waals surface area contributed by atoms with Gasteiger partial charge in [-0.05, 0) is 50.2 Å². The first-order valence-electron chi connectivity index (χ1n) is 8.64. The van der Waals surface area contributed by atoms with Crippen molar-refractivity contribution in [3.05, 3.63) is 30.1 Å². The first-order valence-corrected chi connectivity index (χ1v) is 8.64. The zero-order chi connectivity index (χ0) is 16.7. The lowest BCUT2D eigenvalue weighted by Gasteiger charge is -2.37. The highest BCUT2D eigenvalue weighted by Crippen LogP contribution is 2.17. The van der Waals surface area contributed by atoms with Crippen LogP contribution in [-0.2, 0) is 4.79 Å². The van der Waals surface area contributed by atoms with Gasteiger partial charge in [-0.2, -0.15) is 0 Å². The summed E-state index contributed by atoms with van der Waals surface area (Å²) in [6, 6.07) is 6.58. The van der Waals surface area contributed by atoms with Crippen molar-refractivity contribution in [3.63, 3.8) is 0 Å². The van der Waals surface area contributed by atoms with Gasteiger partial charge in [0.1, 0.15) is 5.82 Å². The Kier molecular flexibility index (Phi) is 6.84. The summed E-state index contributed by atoms with van der Waals surface area (Å²) in [5, 5.41) is 0. The minimum Gasteiger partial charge on any atom is -0.368 e. The third-order valence-electron chi connectivity index (χ3n) is 4.26. The average molecular weight is 321 g/mol. The highest BCUT2D eigenvalue weighted by atomic mass is 19.1. The van der Waals surface area contributed by atoms with Crippen LogP contribution in [0.1, 0.15) is 26.7 Å². The van der Waals surface area contributed by atoms with Crippen LogP contribution in [0.25, 0.3) is 0 Å². The van der Waals surface area contributed by atoms with E-state index in [9.17, 15) is 9.18 Å². The third-order valence-corrected chi connectivity index (χ3v) is 4.26. The van der Waals surface area contributed by atoms with Gasteiger partial charge in [-0.1, -0.05) is 13.8 Å². The summed E-state index contributed by atoms with van der Waals surface area (Å²) >= 11 is 0. The molecule has 1 aromatic carbocycles. The first kappa shape index (κ1) is 17.7. The number of anilines is 1.